The number of halogens is 2. The molecular formula is C11H12BrClO2. The van der Waals surface area contributed by atoms with Gasteiger partial charge in [0.05, 0.1) is 11.9 Å². The molecule has 15 heavy (non-hydrogen) atoms. The molecule has 0 spiro atoms. The highest BCUT2D eigenvalue weighted by Crippen LogP contribution is 2.30. The first-order valence-corrected chi connectivity index (χ1v) is 5.92. The quantitative estimate of drug-likeness (QED) is 0.794. The highest BCUT2D eigenvalue weighted by Gasteiger charge is 2.16. The van der Waals surface area contributed by atoms with Crippen LogP contribution in [0.4, 0.5) is 0 Å². The number of methoxy groups -OCH3 is 1. The summed E-state index contributed by atoms with van der Waals surface area (Å²) in [7, 11) is 1.60. The summed E-state index contributed by atoms with van der Waals surface area (Å²) in [6, 6.07) is 5.53. The van der Waals surface area contributed by atoms with Gasteiger partial charge in [0.1, 0.15) is 11.5 Å². The Morgan fingerprint density at radius 2 is 2.27 bits per heavy atom. The minimum absolute atomic E-state index is 0.0616. The van der Waals surface area contributed by atoms with Crippen LogP contribution in [-0.2, 0) is 10.7 Å². The average molecular weight is 292 g/mol. The molecule has 0 saturated heterocycles. The Labute approximate surface area is 103 Å². The maximum absolute atomic E-state index is 11.2. The molecular weight excluding hydrogens is 279 g/mol. The number of hydrogen-bond donors (Lipinski definition) is 0. The maximum atomic E-state index is 11.2. The van der Waals surface area contributed by atoms with Gasteiger partial charge in [0.15, 0.2) is 0 Å². The van der Waals surface area contributed by atoms with Gasteiger partial charge in [-0.05, 0) is 30.2 Å². The lowest BCUT2D eigenvalue weighted by Crippen LogP contribution is -2.04. The second kappa shape index (κ2) is 5.52. The highest BCUT2D eigenvalue weighted by atomic mass is 79.9. The Kier molecular flexibility index (Phi) is 4.61. The van der Waals surface area contributed by atoms with E-state index in [0.29, 0.717) is 5.88 Å². The van der Waals surface area contributed by atoms with Crippen LogP contribution in [0, 0.1) is 0 Å². The van der Waals surface area contributed by atoms with Crippen molar-refractivity contribution in [2.75, 3.05) is 7.11 Å². The van der Waals surface area contributed by atoms with Gasteiger partial charge < -0.3 is 4.74 Å². The standard InChI is InChI=1S/C11H12BrClO2/c1-7(14)11(12)10-4-3-9(15-2)5-8(10)6-13/h3-5,11H,6H2,1-2H3. The summed E-state index contributed by atoms with van der Waals surface area (Å²) < 4.78 is 5.09. The number of carbonyl (C=O) groups is 1. The van der Waals surface area contributed by atoms with E-state index in [1.807, 2.05) is 18.2 Å². The number of ether oxygens (including phenoxy) is 1. The van der Waals surface area contributed by atoms with E-state index in [2.05, 4.69) is 15.9 Å². The van der Waals surface area contributed by atoms with Crippen LogP contribution >= 0.6 is 27.5 Å². The van der Waals surface area contributed by atoms with E-state index < -0.39 is 0 Å². The fourth-order valence-corrected chi connectivity index (χ4v) is 1.97. The summed E-state index contributed by atoms with van der Waals surface area (Å²) in [6.45, 7) is 1.54. The maximum Gasteiger partial charge on any atom is 0.147 e. The van der Waals surface area contributed by atoms with Crippen LogP contribution in [0.15, 0.2) is 18.2 Å². The van der Waals surface area contributed by atoms with Crippen molar-refractivity contribution in [3.05, 3.63) is 29.3 Å². The van der Waals surface area contributed by atoms with Crippen molar-refractivity contribution in [3.8, 4) is 5.75 Å². The van der Waals surface area contributed by atoms with Crippen LogP contribution in [0.2, 0.25) is 0 Å². The molecule has 82 valence electrons. The first kappa shape index (κ1) is 12.5. The Morgan fingerprint density at radius 3 is 2.73 bits per heavy atom. The zero-order chi connectivity index (χ0) is 11.4. The van der Waals surface area contributed by atoms with Crippen molar-refractivity contribution in [1.82, 2.24) is 0 Å². The lowest BCUT2D eigenvalue weighted by Gasteiger charge is -2.12. The molecule has 0 aliphatic heterocycles. The molecule has 1 aromatic carbocycles. The highest BCUT2D eigenvalue weighted by molar-refractivity contribution is 9.09. The molecule has 0 N–H and O–H groups in total. The van der Waals surface area contributed by atoms with Gasteiger partial charge in [-0.1, -0.05) is 22.0 Å². The average Bonchev–Trinajstić information content (AvgIpc) is 2.27. The molecule has 0 heterocycles. The SMILES string of the molecule is COc1ccc(C(Br)C(C)=O)c(CCl)c1. The molecule has 1 unspecified atom stereocenters. The lowest BCUT2D eigenvalue weighted by atomic mass is 10.0. The molecule has 0 fully saturated rings. The topological polar surface area (TPSA) is 26.3 Å². The molecule has 0 aromatic heterocycles. The zero-order valence-corrected chi connectivity index (χ0v) is 10.9. The van der Waals surface area contributed by atoms with E-state index in [-0.39, 0.29) is 10.6 Å². The van der Waals surface area contributed by atoms with Crippen LogP contribution < -0.4 is 4.74 Å². The van der Waals surface area contributed by atoms with Gasteiger partial charge in [0, 0.05) is 5.88 Å². The van der Waals surface area contributed by atoms with Crippen LogP contribution in [0.3, 0.4) is 0 Å². The van der Waals surface area contributed by atoms with E-state index in [9.17, 15) is 4.79 Å². The normalized spacial score (nSPS) is 12.3. The van der Waals surface area contributed by atoms with Gasteiger partial charge in [-0.15, -0.1) is 11.6 Å². The summed E-state index contributed by atoms with van der Waals surface area (Å²) >= 11 is 9.16. The van der Waals surface area contributed by atoms with E-state index in [4.69, 9.17) is 16.3 Å². The van der Waals surface area contributed by atoms with E-state index >= 15 is 0 Å². The smallest absolute Gasteiger partial charge is 0.147 e. The summed E-state index contributed by atoms with van der Waals surface area (Å²) in [4.78, 5) is 11.0. The van der Waals surface area contributed by atoms with Crippen molar-refractivity contribution in [3.63, 3.8) is 0 Å². The fraction of sp³-hybridized carbons (Fsp3) is 0.364. The molecule has 1 atom stereocenters. The third kappa shape index (κ3) is 2.95. The molecule has 4 heteroatoms. The Hall–Kier alpha value is -0.540. The van der Waals surface area contributed by atoms with E-state index in [0.717, 1.165) is 16.9 Å². The van der Waals surface area contributed by atoms with Crippen LogP contribution in [0.1, 0.15) is 22.9 Å². The number of hydrogen-bond acceptors (Lipinski definition) is 2. The molecule has 1 aromatic rings. The Balaban J connectivity index is 3.12. The number of carbonyl (C=O) groups excluding carboxylic acids is 1. The van der Waals surface area contributed by atoms with Crippen LogP contribution in [0.5, 0.6) is 5.75 Å². The number of benzene rings is 1. The van der Waals surface area contributed by atoms with Gasteiger partial charge >= 0.3 is 0 Å². The van der Waals surface area contributed by atoms with Crippen molar-refractivity contribution in [2.24, 2.45) is 0 Å². The van der Waals surface area contributed by atoms with Gasteiger partial charge in [0.2, 0.25) is 0 Å². The number of ketones is 1. The summed E-state index contributed by atoms with van der Waals surface area (Å²) in [5.41, 5.74) is 1.81. The second-order valence-corrected chi connectivity index (χ2v) is 4.35. The van der Waals surface area contributed by atoms with Crippen molar-refractivity contribution in [2.45, 2.75) is 17.6 Å². The molecule has 0 aliphatic rings. The van der Waals surface area contributed by atoms with Gasteiger partial charge in [-0.3, -0.25) is 4.79 Å². The number of Topliss-reactive ketones (excluding diaryl/α,β-unsaturated/α-hetero) is 1. The first-order valence-electron chi connectivity index (χ1n) is 4.47. The molecule has 0 saturated carbocycles. The lowest BCUT2D eigenvalue weighted by molar-refractivity contribution is -0.116. The predicted molar refractivity (Wildman–Crippen MR) is 64.9 cm³/mol. The summed E-state index contributed by atoms with van der Waals surface area (Å²) in [6.07, 6.45) is 0. The molecule has 1 rings (SSSR count). The minimum Gasteiger partial charge on any atom is -0.497 e. The minimum atomic E-state index is -0.294. The molecule has 0 amide bonds. The van der Waals surface area contributed by atoms with Crippen molar-refractivity contribution in [1.29, 1.82) is 0 Å². The molecule has 2 nitrogen and oxygen atoms in total. The van der Waals surface area contributed by atoms with Crippen molar-refractivity contribution >= 4 is 33.3 Å². The third-order valence-corrected chi connectivity index (χ3v) is 3.55. The largest absolute Gasteiger partial charge is 0.497 e. The second-order valence-electron chi connectivity index (χ2n) is 3.17. The van der Waals surface area contributed by atoms with Crippen LogP contribution in [0.25, 0.3) is 0 Å². The molecule has 0 bridgehead atoms. The fourth-order valence-electron chi connectivity index (χ4n) is 1.29. The summed E-state index contributed by atoms with van der Waals surface area (Å²) in [5, 5.41) is 0. The van der Waals surface area contributed by atoms with E-state index in [1.54, 1.807) is 14.0 Å². The molecule has 0 aliphatic carbocycles. The van der Waals surface area contributed by atoms with Crippen molar-refractivity contribution < 1.29 is 9.53 Å². The number of rotatable bonds is 4. The zero-order valence-electron chi connectivity index (χ0n) is 8.59. The van der Waals surface area contributed by atoms with Gasteiger partial charge in [0.25, 0.3) is 0 Å². The van der Waals surface area contributed by atoms with E-state index in [1.165, 1.54) is 0 Å². The summed E-state index contributed by atoms with van der Waals surface area (Å²) in [5.74, 6) is 1.17. The Morgan fingerprint density at radius 1 is 1.60 bits per heavy atom. The van der Waals surface area contributed by atoms with Gasteiger partial charge in [-0.2, -0.15) is 0 Å². The predicted octanol–water partition coefficient (Wildman–Crippen LogP) is 3.46. The van der Waals surface area contributed by atoms with Gasteiger partial charge in [-0.25, -0.2) is 0 Å². The number of alkyl halides is 2. The monoisotopic (exact) mass is 290 g/mol. The Bertz CT molecular complexity index is 366. The first-order chi connectivity index (χ1) is 7.10. The third-order valence-electron chi connectivity index (χ3n) is 2.12. The molecule has 0 radical (unpaired) electrons. The van der Waals surface area contributed by atoms with Crippen LogP contribution in [-0.4, -0.2) is 12.9 Å².